The highest BCUT2D eigenvalue weighted by Crippen LogP contribution is 2.22. The predicted molar refractivity (Wildman–Crippen MR) is 68.9 cm³/mol. The largest absolute Gasteiger partial charge is 0.338 e. The number of benzene rings is 1. The minimum absolute atomic E-state index is 0.163. The lowest BCUT2D eigenvalue weighted by Gasteiger charge is -2.06. The molecule has 0 saturated carbocycles. The molecule has 1 heterocycles. The molecule has 1 aromatic carbocycles. The van der Waals surface area contributed by atoms with Crippen LogP contribution in [0.15, 0.2) is 53.4 Å². The first kappa shape index (κ1) is 11.1. The molecule has 2 rings (SSSR count). The van der Waals surface area contributed by atoms with Crippen LogP contribution in [0.4, 0.5) is 5.69 Å². The summed E-state index contributed by atoms with van der Waals surface area (Å²) in [5, 5.41) is 5.88. The number of carbonyl (C=O) groups is 1. The Bertz CT molecular complexity index is 529. The molecule has 0 radical (unpaired) electrons. The highest BCUT2D eigenvalue weighted by atomic mass is 16.1. The van der Waals surface area contributed by atoms with Gasteiger partial charge in [-0.1, -0.05) is 18.7 Å². The van der Waals surface area contributed by atoms with Gasteiger partial charge in [0.2, 0.25) is 0 Å². The zero-order valence-corrected chi connectivity index (χ0v) is 9.53. The van der Waals surface area contributed by atoms with Crippen molar-refractivity contribution >= 4 is 17.8 Å². The lowest BCUT2D eigenvalue weighted by atomic mass is 10.1. The maximum atomic E-state index is 11.9. The summed E-state index contributed by atoms with van der Waals surface area (Å²) in [5.41, 5.74) is 1.90. The van der Waals surface area contributed by atoms with E-state index in [4.69, 9.17) is 0 Å². The Morgan fingerprint density at radius 3 is 2.76 bits per heavy atom. The summed E-state index contributed by atoms with van der Waals surface area (Å²) in [4.78, 5) is 16.1. The molecule has 2 N–H and O–H groups in total. The topological polar surface area (TPSA) is 53.5 Å². The van der Waals surface area contributed by atoms with E-state index in [0.29, 0.717) is 17.1 Å². The first-order valence-electron chi connectivity index (χ1n) is 5.29. The van der Waals surface area contributed by atoms with E-state index >= 15 is 0 Å². The van der Waals surface area contributed by atoms with Gasteiger partial charge < -0.3 is 10.6 Å². The first-order chi connectivity index (χ1) is 8.26. The molecule has 0 aromatic heterocycles. The van der Waals surface area contributed by atoms with Crippen molar-refractivity contribution in [2.75, 3.05) is 5.32 Å². The van der Waals surface area contributed by atoms with Gasteiger partial charge in [-0.3, -0.25) is 4.79 Å². The fraction of sp³-hybridized carbons (Fsp3) is 0.0769. The Kier molecular flexibility index (Phi) is 3.05. The molecule has 1 amide bonds. The minimum Gasteiger partial charge on any atom is -0.338 e. The van der Waals surface area contributed by atoms with Gasteiger partial charge in [0.1, 0.15) is 0 Å². The predicted octanol–water partition coefficient (Wildman–Crippen LogP) is 2.29. The van der Waals surface area contributed by atoms with Gasteiger partial charge in [-0.05, 0) is 25.1 Å². The Morgan fingerprint density at radius 2 is 2.06 bits per heavy atom. The van der Waals surface area contributed by atoms with Crippen LogP contribution >= 0.6 is 0 Å². The molecule has 17 heavy (non-hydrogen) atoms. The van der Waals surface area contributed by atoms with Gasteiger partial charge in [0.15, 0.2) is 5.82 Å². The summed E-state index contributed by atoms with van der Waals surface area (Å²) in [6.45, 7) is 5.48. The van der Waals surface area contributed by atoms with E-state index in [9.17, 15) is 4.79 Å². The Balaban J connectivity index is 2.53. The van der Waals surface area contributed by atoms with E-state index in [1.165, 1.54) is 0 Å². The first-order valence-corrected chi connectivity index (χ1v) is 5.29. The zero-order chi connectivity index (χ0) is 12.3. The lowest BCUT2D eigenvalue weighted by molar-refractivity contribution is 0.0968. The molecule has 0 atom stereocenters. The highest BCUT2D eigenvalue weighted by Gasteiger charge is 2.18. The van der Waals surface area contributed by atoms with Gasteiger partial charge in [-0.2, -0.15) is 0 Å². The summed E-state index contributed by atoms with van der Waals surface area (Å²) < 4.78 is 0. The third-order valence-electron chi connectivity index (χ3n) is 2.39. The Morgan fingerprint density at radius 1 is 1.29 bits per heavy atom. The van der Waals surface area contributed by atoms with Gasteiger partial charge in [-0.25, -0.2) is 4.99 Å². The van der Waals surface area contributed by atoms with Crippen molar-refractivity contribution in [1.29, 1.82) is 0 Å². The highest BCUT2D eigenvalue weighted by molar-refractivity contribution is 6.02. The molecule has 4 heteroatoms. The number of aliphatic imine (C=N–C) groups is 1. The second-order valence-electron chi connectivity index (χ2n) is 3.48. The molecular formula is C13H13N3O. The average Bonchev–Trinajstić information content (AvgIpc) is 2.48. The van der Waals surface area contributed by atoms with Crippen molar-refractivity contribution < 1.29 is 4.79 Å². The number of anilines is 1. The number of nitrogens with zero attached hydrogens (tertiary/aromatic N) is 1. The molecule has 0 spiro atoms. The number of allylic oxidation sites excluding steroid dienone is 1. The molecule has 4 nitrogen and oxygen atoms in total. The van der Waals surface area contributed by atoms with E-state index < -0.39 is 0 Å². The van der Waals surface area contributed by atoms with Crippen LogP contribution in [0.5, 0.6) is 0 Å². The Labute approximate surface area is 99.8 Å². The number of amides is 1. The lowest BCUT2D eigenvalue weighted by Crippen LogP contribution is -2.21. The van der Waals surface area contributed by atoms with E-state index in [-0.39, 0.29) is 5.91 Å². The van der Waals surface area contributed by atoms with E-state index in [1.807, 2.05) is 25.1 Å². The summed E-state index contributed by atoms with van der Waals surface area (Å²) in [7, 11) is 0. The van der Waals surface area contributed by atoms with Crippen LogP contribution in [0.3, 0.4) is 0 Å². The summed E-state index contributed by atoms with van der Waals surface area (Å²) in [5.74, 6) is 0.421. The third kappa shape index (κ3) is 2.10. The normalized spacial score (nSPS) is 15.0. The van der Waals surface area contributed by atoms with Crippen LogP contribution in [0, 0.1) is 0 Å². The number of hydrogen-bond acceptors (Lipinski definition) is 3. The van der Waals surface area contributed by atoms with Gasteiger partial charge >= 0.3 is 0 Å². The average molecular weight is 227 g/mol. The van der Waals surface area contributed by atoms with Crippen LogP contribution in [0.2, 0.25) is 0 Å². The van der Waals surface area contributed by atoms with Crippen molar-refractivity contribution in [1.82, 2.24) is 5.32 Å². The van der Waals surface area contributed by atoms with Gasteiger partial charge in [0.05, 0.1) is 16.9 Å². The molecular weight excluding hydrogens is 214 g/mol. The summed E-state index contributed by atoms with van der Waals surface area (Å²) >= 11 is 0. The second-order valence-corrected chi connectivity index (χ2v) is 3.48. The standard InChI is InChI=1S/C13H13N3O/c1-3-10-12(14-4-2)15-11-8-6-5-7-9(11)13(17)16-10/h3-8,15H,1H2,2H3,(H,16,17)/b14-4-. The molecule has 0 unspecified atom stereocenters. The molecule has 0 bridgehead atoms. The van der Waals surface area contributed by atoms with Gasteiger partial charge in [-0.15, -0.1) is 0 Å². The Hall–Kier alpha value is -2.36. The molecule has 1 aliphatic rings. The van der Waals surface area contributed by atoms with Crippen LogP contribution in [-0.2, 0) is 0 Å². The number of fused-ring (bicyclic) bond motifs is 1. The molecule has 86 valence electrons. The molecule has 0 aliphatic carbocycles. The van der Waals surface area contributed by atoms with E-state index in [1.54, 1.807) is 18.4 Å². The maximum absolute atomic E-state index is 11.9. The number of carbonyl (C=O) groups excluding carboxylic acids is 1. The maximum Gasteiger partial charge on any atom is 0.257 e. The zero-order valence-electron chi connectivity index (χ0n) is 9.53. The number of nitrogens with one attached hydrogen (secondary N) is 2. The van der Waals surface area contributed by atoms with Crippen LogP contribution in [0.1, 0.15) is 17.3 Å². The fourth-order valence-electron chi connectivity index (χ4n) is 1.61. The third-order valence-corrected chi connectivity index (χ3v) is 2.39. The molecule has 0 saturated heterocycles. The van der Waals surface area contributed by atoms with Crippen molar-refractivity contribution in [2.24, 2.45) is 4.99 Å². The van der Waals surface area contributed by atoms with Gasteiger partial charge in [0.25, 0.3) is 5.91 Å². The van der Waals surface area contributed by atoms with Crippen molar-refractivity contribution in [3.05, 3.63) is 54.0 Å². The van der Waals surface area contributed by atoms with Gasteiger partial charge in [0, 0.05) is 6.21 Å². The number of rotatable bonds is 2. The number of para-hydroxylation sites is 1. The minimum atomic E-state index is -0.163. The van der Waals surface area contributed by atoms with Crippen LogP contribution < -0.4 is 10.6 Å². The molecule has 1 aromatic rings. The summed E-state index contributed by atoms with van der Waals surface area (Å²) in [6, 6.07) is 7.29. The van der Waals surface area contributed by atoms with Crippen LogP contribution in [-0.4, -0.2) is 12.1 Å². The van der Waals surface area contributed by atoms with Crippen LogP contribution in [0.25, 0.3) is 0 Å². The summed E-state index contributed by atoms with van der Waals surface area (Å²) in [6.07, 6.45) is 3.23. The van der Waals surface area contributed by atoms with Crippen molar-refractivity contribution in [2.45, 2.75) is 6.92 Å². The molecule has 0 fully saturated rings. The molecule has 1 aliphatic heterocycles. The quantitative estimate of drug-likeness (QED) is 0.761. The number of hydrogen-bond donors (Lipinski definition) is 2. The smallest absolute Gasteiger partial charge is 0.257 e. The van der Waals surface area contributed by atoms with Crippen molar-refractivity contribution in [3.63, 3.8) is 0 Å². The second kappa shape index (κ2) is 4.65. The van der Waals surface area contributed by atoms with E-state index in [2.05, 4.69) is 22.2 Å². The SMILES string of the molecule is C=CC1=C(/N=C\C)Nc2ccccc2C(=O)N1. The fourth-order valence-corrected chi connectivity index (χ4v) is 1.61. The van der Waals surface area contributed by atoms with E-state index in [0.717, 1.165) is 5.69 Å². The van der Waals surface area contributed by atoms with Crippen molar-refractivity contribution in [3.8, 4) is 0 Å². The monoisotopic (exact) mass is 227 g/mol.